The molecular formula is C13H13N5O3. The summed E-state index contributed by atoms with van der Waals surface area (Å²) in [5.74, 6) is -0.542. The Labute approximate surface area is 120 Å². The maximum absolute atomic E-state index is 12.0. The first-order valence-corrected chi connectivity index (χ1v) is 6.07. The minimum atomic E-state index is -0.672. The van der Waals surface area contributed by atoms with E-state index in [4.69, 9.17) is 5.73 Å². The zero-order valence-corrected chi connectivity index (χ0v) is 11.2. The fraction of sp³-hybridized carbons (Fsp3) is 0.154. The van der Waals surface area contributed by atoms with Crippen LogP contribution < -0.4 is 11.1 Å². The first-order valence-electron chi connectivity index (χ1n) is 6.07. The molecule has 2 heterocycles. The fourth-order valence-electron chi connectivity index (χ4n) is 1.67. The van der Waals surface area contributed by atoms with Crippen LogP contribution in [0.25, 0.3) is 0 Å². The molecule has 0 atom stereocenters. The number of hydrogen-bond acceptors (Lipinski definition) is 6. The van der Waals surface area contributed by atoms with E-state index in [0.717, 1.165) is 17.5 Å². The van der Waals surface area contributed by atoms with Crippen LogP contribution in [0.1, 0.15) is 21.6 Å². The zero-order chi connectivity index (χ0) is 15.4. The predicted octanol–water partition coefficient (Wildman–Crippen LogP) is 1.21. The van der Waals surface area contributed by atoms with Crippen LogP contribution in [0.2, 0.25) is 0 Å². The Morgan fingerprint density at radius 2 is 2.14 bits per heavy atom. The lowest BCUT2D eigenvalue weighted by atomic mass is 10.2. The van der Waals surface area contributed by atoms with Crippen molar-refractivity contribution >= 4 is 17.4 Å². The standard InChI is InChI=1S/C13H13N5O3/c1-8-2-3-9(5-15-8)6-17-13(19)10-4-12(14)16-7-11(10)18(20)21/h2-5,7H,6H2,1H3,(H2,14,16)(H,17,19). The van der Waals surface area contributed by atoms with Crippen LogP contribution in [0, 0.1) is 17.0 Å². The normalized spacial score (nSPS) is 10.1. The second-order valence-electron chi connectivity index (χ2n) is 4.37. The lowest BCUT2D eigenvalue weighted by Gasteiger charge is -2.06. The summed E-state index contributed by atoms with van der Waals surface area (Å²) < 4.78 is 0. The summed E-state index contributed by atoms with van der Waals surface area (Å²) in [5.41, 5.74) is 6.62. The number of aryl methyl sites for hydroxylation is 1. The Kier molecular flexibility index (Phi) is 4.07. The first kappa shape index (κ1) is 14.4. The third-order valence-corrected chi connectivity index (χ3v) is 2.77. The van der Waals surface area contributed by atoms with Crippen LogP contribution in [0.5, 0.6) is 0 Å². The van der Waals surface area contributed by atoms with Crippen molar-refractivity contribution in [1.82, 2.24) is 15.3 Å². The average molecular weight is 287 g/mol. The molecule has 8 heteroatoms. The number of nitrogen functional groups attached to an aromatic ring is 1. The van der Waals surface area contributed by atoms with Crippen molar-refractivity contribution in [3.8, 4) is 0 Å². The highest BCUT2D eigenvalue weighted by atomic mass is 16.6. The van der Waals surface area contributed by atoms with Gasteiger partial charge in [-0.1, -0.05) is 6.07 Å². The van der Waals surface area contributed by atoms with Crippen molar-refractivity contribution in [1.29, 1.82) is 0 Å². The fourth-order valence-corrected chi connectivity index (χ4v) is 1.67. The van der Waals surface area contributed by atoms with Gasteiger partial charge in [-0.15, -0.1) is 0 Å². The summed E-state index contributed by atoms with van der Waals surface area (Å²) >= 11 is 0. The molecule has 0 aliphatic carbocycles. The van der Waals surface area contributed by atoms with E-state index in [9.17, 15) is 14.9 Å². The molecule has 0 radical (unpaired) electrons. The van der Waals surface area contributed by atoms with E-state index in [0.29, 0.717) is 0 Å². The van der Waals surface area contributed by atoms with Crippen molar-refractivity contribution in [2.24, 2.45) is 0 Å². The van der Waals surface area contributed by atoms with Gasteiger partial charge in [0.05, 0.1) is 4.92 Å². The van der Waals surface area contributed by atoms with Gasteiger partial charge in [-0.3, -0.25) is 19.9 Å². The molecule has 1 amide bonds. The van der Waals surface area contributed by atoms with Gasteiger partial charge >= 0.3 is 0 Å². The zero-order valence-electron chi connectivity index (χ0n) is 11.2. The van der Waals surface area contributed by atoms with Gasteiger partial charge in [0.15, 0.2) is 0 Å². The third kappa shape index (κ3) is 3.50. The Morgan fingerprint density at radius 1 is 1.38 bits per heavy atom. The molecule has 0 bridgehead atoms. The van der Waals surface area contributed by atoms with Gasteiger partial charge in [0, 0.05) is 18.4 Å². The number of nitrogens with one attached hydrogen (secondary N) is 1. The van der Waals surface area contributed by atoms with Gasteiger partial charge in [0.2, 0.25) is 0 Å². The number of anilines is 1. The Hall–Kier alpha value is -3.03. The van der Waals surface area contributed by atoms with Gasteiger partial charge in [0.1, 0.15) is 17.6 Å². The van der Waals surface area contributed by atoms with Gasteiger partial charge in [0.25, 0.3) is 11.6 Å². The van der Waals surface area contributed by atoms with Crippen molar-refractivity contribution in [3.05, 3.63) is 57.5 Å². The number of carbonyl (C=O) groups is 1. The molecule has 0 aliphatic rings. The van der Waals surface area contributed by atoms with Crippen LogP contribution in [0.4, 0.5) is 11.5 Å². The van der Waals surface area contributed by atoms with Crippen molar-refractivity contribution in [2.45, 2.75) is 13.5 Å². The second kappa shape index (κ2) is 5.95. The summed E-state index contributed by atoms with van der Waals surface area (Å²) in [6.45, 7) is 2.07. The molecule has 0 saturated carbocycles. The maximum atomic E-state index is 12.0. The lowest BCUT2D eigenvalue weighted by Crippen LogP contribution is -2.24. The second-order valence-corrected chi connectivity index (χ2v) is 4.37. The van der Waals surface area contributed by atoms with Gasteiger partial charge in [-0.2, -0.15) is 0 Å². The number of nitro groups is 1. The van der Waals surface area contributed by atoms with Crippen LogP contribution in [0.15, 0.2) is 30.6 Å². The summed E-state index contributed by atoms with van der Waals surface area (Å²) in [7, 11) is 0. The number of hydrogen-bond donors (Lipinski definition) is 2. The topological polar surface area (TPSA) is 124 Å². The Morgan fingerprint density at radius 3 is 2.76 bits per heavy atom. The average Bonchev–Trinajstić information content (AvgIpc) is 2.46. The molecule has 0 fully saturated rings. The predicted molar refractivity (Wildman–Crippen MR) is 75.4 cm³/mol. The van der Waals surface area contributed by atoms with Gasteiger partial charge in [-0.05, 0) is 24.6 Å². The molecule has 21 heavy (non-hydrogen) atoms. The number of nitrogens with two attached hydrogens (primary N) is 1. The highest BCUT2D eigenvalue weighted by molar-refractivity contribution is 5.98. The van der Waals surface area contributed by atoms with E-state index in [-0.39, 0.29) is 23.6 Å². The van der Waals surface area contributed by atoms with E-state index in [1.807, 2.05) is 19.1 Å². The highest BCUT2D eigenvalue weighted by Gasteiger charge is 2.20. The Balaban J connectivity index is 2.15. The van der Waals surface area contributed by atoms with Gasteiger partial charge in [-0.25, -0.2) is 4.98 Å². The van der Waals surface area contributed by atoms with Crippen LogP contribution in [-0.2, 0) is 6.54 Å². The summed E-state index contributed by atoms with van der Waals surface area (Å²) in [6.07, 6.45) is 2.60. The summed E-state index contributed by atoms with van der Waals surface area (Å²) in [4.78, 5) is 30.0. The molecule has 8 nitrogen and oxygen atoms in total. The molecule has 108 valence electrons. The van der Waals surface area contributed by atoms with Crippen LogP contribution in [0.3, 0.4) is 0 Å². The molecule has 0 aromatic carbocycles. The van der Waals surface area contributed by atoms with Crippen molar-refractivity contribution in [2.75, 3.05) is 5.73 Å². The molecule has 2 aromatic heterocycles. The maximum Gasteiger partial charge on any atom is 0.300 e. The highest BCUT2D eigenvalue weighted by Crippen LogP contribution is 2.18. The number of rotatable bonds is 4. The number of amides is 1. The SMILES string of the molecule is Cc1ccc(CNC(=O)c2cc(N)ncc2[N+](=O)[O-])cn1. The Bertz CT molecular complexity index is 685. The molecule has 0 spiro atoms. The molecule has 0 unspecified atom stereocenters. The third-order valence-electron chi connectivity index (χ3n) is 2.77. The van der Waals surface area contributed by atoms with E-state index < -0.39 is 10.8 Å². The molecule has 2 aromatic rings. The van der Waals surface area contributed by atoms with E-state index >= 15 is 0 Å². The number of carbonyl (C=O) groups excluding carboxylic acids is 1. The number of aromatic nitrogens is 2. The monoisotopic (exact) mass is 287 g/mol. The number of nitrogens with zero attached hydrogens (tertiary/aromatic N) is 3. The quantitative estimate of drug-likeness (QED) is 0.643. The van der Waals surface area contributed by atoms with Gasteiger partial charge < -0.3 is 11.1 Å². The molecule has 2 rings (SSSR count). The van der Waals surface area contributed by atoms with Crippen LogP contribution in [-0.4, -0.2) is 20.8 Å². The smallest absolute Gasteiger partial charge is 0.300 e. The molecular weight excluding hydrogens is 274 g/mol. The molecule has 3 N–H and O–H groups in total. The largest absolute Gasteiger partial charge is 0.384 e. The minimum absolute atomic E-state index is 0.0442. The summed E-state index contributed by atoms with van der Waals surface area (Å²) in [5, 5.41) is 13.5. The first-order chi connectivity index (χ1) is 9.97. The van der Waals surface area contributed by atoms with Crippen LogP contribution >= 0.6 is 0 Å². The van der Waals surface area contributed by atoms with Crippen molar-refractivity contribution < 1.29 is 9.72 Å². The lowest BCUT2D eigenvalue weighted by molar-refractivity contribution is -0.385. The van der Waals surface area contributed by atoms with E-state index in [1.165, 1.54) is 6.07 Å². The number of pyridine rings is 2. The van der Waals surface area contributed by atoms with E-state index in [1.54, 1.807) is 6.20 Å². The van der Waals surface area contributed by atoms with E-state index in [2.05, 4.69) is 15.3 Å². The minimum Gasteiger partial charge on any atom is -0.384 e. The molecule has 0 saturated heterocycles. The van der Waals surface area contributed by atoms with Crippen molar-refractivity contribution in [3.63, 3.8) is 0 Å². The summed E-state index contributed by atoms with van der Waals surface area (Å²) in [6, 6.07) is 4.81. The molecule has 0 aliphatic heterocycles.